The Morgan fingerprint density at radius 2 is 1.32 bits per heavy atom. The minimum Gasteiger partial charge on any atom is -0.505 e. The maximum atomic E-state index is 13.2. The molecular formula is C23H33NO3S. The second-order valence-corrected chi connectivity index (χ2v) is 11.4. The van der Waals surface area contributed by atoms with Gasteiger partial charge >= 0.3 is 0 Å². The molecular weight excluding hydrogens is 370 g/mol. The second-order valence-electron chi connectivity index (χ2n) is 9.75. The monoisotopic (exact) mass is 403 g/mol. The molecule has 154 valence electrons. The van der Waals surface area contributed by atoms with Crippen molar-refractivity contribution in [1.82, 2.24) is 0 Å². The van der Waals surface area contributed by atoms with E-state index in [1.807, 2.05) is 45.9 Å². The predicted octanol–water partition coefficient (Wildman–Crippen LogP) is 5.71. The Balaban J connectivity index is 2.69. The van der Waals surface area contributed by atoms with Gasteiger partial charge in [0, 0.05) is 5.56 Å². The van der Waals surface area contributed by atoms with E-state index in [-0.39, 0.29) is 27.2 Å². The summed E-state index contributed by atoms with van der Waals surface area (Å²) >= 11 is 0. The lowest BCUT2D eigenvalue weighted by Gasteiger charge is -2.28. The number of hydrogen-bond acceptors (Lipinski definition) is 3. The number of anilines is 1. The standard InChI is InChI=1S/C23H33NO3S/c1-14-10-15(2)21(16(3)11-14)28(26,27)24-19-13-17(22(4,5)6)12-18(20(19)25)23(7,8)9/h10-13,24-25H,1-9H3. The van der Waals surface area contributed by atoms with Crippen molar-refractivity contribution in [2.45, 2.75) is 78.0 Å². The highest BCUT2D eigenvalue weighted by molar-refractivity contribution is 7.92. The van der Waals surface area contributed by atoms with Crippen LogP contribution in [0.3, 0.4) is 0 Å². The van der Waals surface area contributed by atoms with Gasteiger partial charge in [-0.3, -0.25) is 4.72 Å². The van der Waals surface area contributed by atoms with Crippen LogP contribution in [0.5, 0.6) is 5.75 Å². The molecule has 0 aromatic heterocycles. The molecule has 4 nitrogen and oxygen atoms in total. The molecule has 0 atom stereocenters. The highest BCUT2D eigenvalue weighted by Gasteiger charge is 2.28. The van der Waals surface area contributed by atoms with Crippen LogP contribution in [0.2, 0.25) is 0 Å². The summed E-state index contributed by atoms with van der Waals surface area (Å²) in [5.74, 6) is -0.0218. The molecule has 0 aliphatic heterocycles. The number of aryl methyl sites for hydroxylation is 3. The summed E-state index contributed by atoms with van der Waals surface area (Å²) in [7, 11) is -3.85. The molecule has 0 radical (unpaired) electrons. The molecule has 0 heterocycles. The van der Waals surface area contributed by atoms with Crippen molar-refractivity contribution in [3.63, 3.8) is 0 Å². The molecule has 2 aromatic carbocycles. The Morgan fingerprint density at radius 1 is 0.821 bits per heavy atom. The highest BCUT2D eigenvalue weighted by Crippen LogP contribution is 2.41. The van der Waals surface area contributed by atoms with Crippen molar-refractivity contribution < 1.29 is 13.5 Å². The van der Waals surface area contributed by atoms with E-state index in [2.05, 4.69) is 25.5 Å². The fourth-order valence-electron chi connectivity index (χ4n) is 3.50. The third-order valence-corrected chi connectivity index (χ3v) is 6.57. The molecule has 2 N–H and O–H groups in total. The van der Waals surface area contributed by atoms with Crippen molar-refractivity contribution in [2.75, 3.05) is 4.72 Å². The van der Waals surface area contributed by atoms with Crippen molar-refractivity contribution >= 4 is 15.7 Å². The number of sulfonamides is 1. The zero-order valence-electron chi connectivity index (χ0n) is 18.5. The van der Waals surface area contributed by atoms with Gasteiger partial charge in [0.15, 0.2) is 0 Å². The van der Waals surface area contributed by atoms with Gasteiger partial charge in [-0.15, -0.1) is 0 Å². The summed E-state index contributed by atoms with van der Waals surface area (Å²) in [5.41, 5.74) is 3.77. The molecule has 0 saturated heterocycles. The Bertz CT molecular complexity index is 984. The molecule has 0 amide bonds. The van der Waals surface area contributed by atoms with Gasteiger partial charge in [0.2, 0.25) is 0 Å². The molecule has 0 saturated carbocycles. The summed E-state index contributed by atoms with van der Waals surface area (Å²) in [6, 6.07) is 7.41. The summed E-state index contributed by atoms with van der Waals surface area (Å²) in [6.07, 6.45) is 0. The van der Waals surface area contributed by atoms with Gasteiger partial charge in [-0.05, 0) is 54.4 Å². The molecule has 0 unspecified atom stereocenters. The number of aromatic hydroxyl groups is 1. The SMILES string of the molecule is Cc1cc(C)c(S(=O)(=O)Nc2cc(C(C)(C)C)cc(C(C)(C)C)c2O)c(C)c1. The van der Waals surface area contributed by atoms with E-state index in [9.17, 15) is 13.5 Å². The molecule has 2 rings (SSSR count). The summed E-state index contributed by atoms with van der Waals surface area (Å²) in [4.78, 5) is 0.260. The first-order valence-corrected chi connectivity index (χ1v) is 11.0. The first-order valence-electron chi connectivity index (χ1n) is 9.52. The minimum absolute atomic E-state index is 0.0218. The Morgan fingerprint density at radius 3 is 1.75 bits per heavy atom. The quantitative estimate of drug-likeness (QED) is 0.645. The fourth-order valence-corrected chi connectivity index (χ4v) is 5.02. The van der Waals surface area contributed by atoms with Gasteiger partial charge in [-0.25, -0.2) is 8.42 Å². The van der Waals surface area contributed by atoms with Gasteiger partial charge < -0.3 is 5.11 Å². The largest absolute Gasteiger partial charge is 0.505 e. The van der Waals surface area contributed by atoms with E-state index in [4.69, 9.17) is 0 Å². The lowest BCUT2D eigenvalue weighted by molar-refractivity contribution is 0.447. The Hall–Kier alpha value is -2.01. The van der Waals surface area contributed by atoms with Crippen LogP contribution < -0.4 is 4.72 Å². The van der Waals surface area contributed by atoms with Gasteiger partial charge in [0.25, 0.3) is 10.0 Å². The van der Waals surface area contributed by atoms with Crippen molar-refractivity contribution in [2.24, 2.45) is 0 Å². The van der Waals surface area contributed by atoms with E-state index in [1.165, 1.54) is 0 Å². The number of hydrogen-bond donors (Lipinski definition) is 2. The Kier molecular flexibility index (Phi) is 5.65. The van der Waals surface area contributed by atoms with E-state index >= 15 is 0 Å². The zero-order chi connectivity index (χ0) is 21.7. The first-order chi connectivity index (χ1) is 12.5. The van der Waals surface area contributed by atoms with Crippen LogP contribution in [-0.2, 0) is 20.9 Å². The summed E-state index contributed by atoms with van der Waals surface area (Å²) in [6.45, 7) is 17.7. The highest BCUT2D eigenvalue weighted by atomic mass is 32.2. The molecule has 0 aliphatic rings. The van der Waals surface area contributed by atoms with Crippen molar-refractivity contribution in [3.05, 3.63) is 52.1 Å². The minimum atomic E-state index is -3.85. The van der Waals surface area contributed by atoms with Crippen LogP contribution in [0.25, 0.3) is 0 Å². The average Bonchev–Trinajstić information content (AvgIpc) is 2.45. The summed E-state index contributed by atoms with van der Waals surface area (Å²) < 4.78 is 29.1. The lowest BCUT2D eigenvalue weighted by atomic mass is 9.80. The first kappa shape index (κ1) is 22.3. The van der Waals surface area contributed by atoms with Crippen LogP contribution in [0.1, 0.15) is 69.4 Å². The molecule has 28 heavy (non-hydrogen) atoms. The normalized spacial score (nSPS) is 12.9. The fraction of sp³-hybridized carbons (Fsp3) is 0.478. The van der Waals surface area contributed by atoms with E-state index in [0.29, 0.717) is 11.1 Å². The van der Waals surface area contributed by atoms with E-state index < -0.39 is 10.0 Å². The third kappa shape index (κ3) is 4.52. The average molecular weight is 404 g/mol. The Labute approximate surface area is 170 Å². The number of benzene rings is 2. The molecule has 0 spiro atoms. The molecule has 5 heteroatoms. The van der Waals surface area contributed by atoms with E-state index in [1.54, 1.807) is 19.9 Å². The van der Waals surface area contributed by atoms with Crippen molar-refractivity contribution in [3.8, 4) is 5.75 Å². The van der Waals surface area contributed by atoms with Gasteiger partial charge in [0.1, 0.15) is 5.75 Å². The summed E-state index contributed by atoms with van der Waals surface area (Å²) in [5, 5.41) is 10.9. The number of rotatable bonds is 3. The molecule has 0 aliphatic carbocycles. The van der Waals surface area contributed by atoms with Gasteiger partial charge in [0.05, 0.1) is 10.6 Å². The maximum Gasteiger partial charge on any atom is 0.262 e. The topological polar surface area (TPSA) is 66.4 Å². The third-order valence-electron chi connectivity index (χ3n) is 4.90. The lowest BCUT2D eigenvalue weighted by Crippen LogP contribution is -2.20. The number of phenolic OH excluding ortho intramolecular Hbond substituents is 1. The molecule has 0 bridgehead atoms. The second kappa shape index (κ2) is 7.11. The predicted molar refractivity (Wildman–Crippen MR) is 117 cm³/mol. The van der Waals surface area contributed by atoms with Crippen LogP contribution in [0.15, 0.2) is 29.2 Å². The van der Waals surface area contributed by atoms with Gasteiger partial charge in [-0.1, -0.05) is 65.3 Å². The van der Waals surface area contributed by atoms with Crippen LogP contribution in [0.4, 0.5) is 5.69 Å². The number of nitrogens with one attached hydrogen (secondary N) is 1. The zero-order valence-corrected chi connectivity index (χ0v) is 19.3. The van der Waals surface area contributed by atoms with Crippen molar-refractivity contribution in [1.29, 1.82) is 0 Å². The smallest absolute Gasteiger partial charge is 0.262 e. The van der Waals surface area contributed by atoms with Crippen LogP contribution >= 0.6 is 0 Å². The van der Waals surface area contributed by atoms with E-state index in [0.717, 1.165) is 16.7 Å². The molecule has 0 fully saturated rings. The van der Waals surface area contributed by atoms with Crippen LogP contribution in [0, 0.1) is 20.8 Å². The van der Waals surface area contributed by atoms with Crippen LogP contribution in [-0.4, -0.2) is 13.5 Å². The van der Waals surface area contributed by atoms with Gasteiger partial charge in [-0.2, -0.15) is 0 Å². The number of phenols is 1. The maximum absolute atomic E-state index is 13.2. The molecule has 2 aromatic rings.